The summed E-state index contributed by atoms with van der Waals surface area (Å²) in [5.74, 6) is -2.36. The lowest BCUT2D eigenvalue weighted by molar-refractivity contribution is -0.142. The van der Waals surface area contributed by atoms with Crippen LogP contribution in [0.5, 0.6) is 0 Å². The molecule has 1 saturated heterocycles. The second-order valence-corrected chi connectivity index (χ2v) is 17.4. The van der Waals surface area contributed by atoms with E-state index >= 15 is 0 Å². The van der Waals surface area contributed by atoms with Crippen molar-refractivity contribution < 1.29 is 32.3 Å². The van der Waals surface area contributed by atoms with E-state index in [1.54, 1.807) is 11.3 Å². The highest BCUT2D eigenvalue weighted by molar-refractivity contribution is 7.91. The molecule has 1 aromatic carbocycles. The third-order valence-electron chi connectivity index (χ3n) is 9.97. The normalized spacial score (nSPS) is 24.6. The summed E-state index contributed by atoms with van der Waals surface area (Å²) >= 11 is 1.60. The summed E-state index contributed by atoms with van der Waals surface area (Å²) in [6.07, 6.45) is 5.30. The van der Waals surface area contributed by atoms with Crippen molar-refractivity contribution in [3.05, 3.63) is 53.7 Å². The number of carbonyl (C=O) groups excluding carboxylic acids is 4. The molecule has 0 bridgehead atoms. The SMILES string of the molecule is C=C[C@@H]1C[C@]1(NC(=O)[C@@H]1CN(c2ccc(-c3ccsc3)cc2)CN1C(=O)C(NC(=O)OC1CCCC1)C(C)(C)C)C(=O)NS(=O)(=O)C1CC1. The van der Waals surface area contributed by atoms with Gasteiger partial charge in [0, 0.05) is 18.2 Å². The molecule has 6 rings (SSSR count). The molecule has 0 spiro atoms. The van der Waals surface area contributed by atoms with Crippen LogP contribution in [0.2, 0.25) is 0 Å². The van der Waals surface area contributed by atoms with E-state index in [9.17, 15) is 27.6 Å². The number of sulfonamides is 1. The molecule has 2 heterocycles. The fraction of sp³-hybridized carbons (Fsp3) is 0.543. The molecule has 1 aromatic heterocycles. The predicted octanol–water partition coefficient (Wildman–Crippen LogP) is 4.14. The first-order chi connectivity index (χ1) is 23.2. The van der Waals surface area contributed by atoms with Crippen molar-refractivity contribution in [3.63, 3.8) is 0 Å². The number of hydrogen-bond donors (Lipinski definition) is 3. The topological polar surface area (TPSA) is 154 Å². The van der Waals surface area contributed by atoms with E-state index in [0.717, 1.165) is 42.5 Å². The fourth-order valence-corrected chi connectivity index (χ4v) is 8.75. The molecule has 3 aliphatic carbocycles. The van der Waals surface area contributed by atoms with Gasteiger partial charge in [0.25, 0.3) is 5.91 Å². The van der Waals surface area contributed by atoms with Crippen molar-refractivity contribution in [2.45, 2.75) is 94.7 Å². The van der Waals surface area contributed by atoms with Crippen molar-refractivity contribution in [1.29, 1.82) is 0 Å². The number of alkyl carbamates (subject to hydrolysis) is 1. The van der Waals surface area contributed by atoms with Crippen LogP contribution in [0.15, 0.2) is 53.7 Å². The molecule has 3 saturated carbocycles. The van der Waals surface area contributed by atoms with E-state index in [1.807, 2.05) is 61.4 Å². The van der Waals surface area contributed by atoms with Crippen LogP contribution in [0.25, 0.3) is 11.1 Å². The Bertz CT molecular complexity index is 1700. The van der Waals surface area contributed by atoms with E-state index in [4.69, 9.17) is 4.74 Å². The predicted molar refractivity (Wildman–Crippen MR) is 187 cm³/mol. The third kappa shape index (κ3) is 7.49. The number of rotatable bonds is 11. The van der Waals surface area contributed by atoms with Gasteiger partial charge in [0.1, 0.15) is 23.7 Å². The van der Waals surface area contributed by atoms with E-state index in [2.05, 4.69) is 27.3 Å². The first-order valence-electron chi connectivity index (χ1n) is 16.9. The van der Waals surface area contributed by atoms with Crippen LogP contribution in [0.1, 0.15) is 65.7 Å². The summed E-state index contributed by atoms with van der Waals surface area (Å²) in [5, 5.41) is 9.06. The number of ether oxygens (including phenoxy) is 1. The van der Waals surface area contributed by atoms with Crippen LogP contribution in [0.4, 0.5) is 10.5 Å². The van der Waals surface area contributed by atoms with Gasteiger partial charge >= 0.3 is 6.09 Å². The minimum absolute atomic E-state index is 0.0425. The van der Waals surface area contributed by atoms with Crippen molar-refractivity contribution in [2.75, 3.05) is 18.1 Å². The molecule has 264 valence electrons. The summed E-state index contributed by atoms with van der Waals surface area (Å²) in [4.78, 5) is 58.4. The average molecular weight is 712 g/mol. The summed E-state index contributed by atoms with van der Waals surface area (Å²) in [6, 6.07) is 7.77. The Balaban J connectivity index is 1.26. The largest absolute Gasteiger partial charge is 0.446 e. The molecule has 4 fully saturated rings. The zero-order valence-corrected chi connectivity index (χ0v) is 29.8. The monoisotopic (exact) mass is 711 g/mol. The molecule has 2 aromatic rings. The molecule has 4 aliphatic rings. The Kier molecular flexibility index (Phi) is 9.57. The second kappa shape index (κ2) is 13.4. The van der Waals surface area contributed by atoms with Gasteiger partial charge < -0.3 is 25.2 Å². The quantitative estimate of drug-likeness (QED) is 0.294. The van der Waals surface area contributed by atoms with Crippen LogP contribution < -0.4 is 20.3 Å². The van der Waals surface area contributed by atoms with Gasteiger partial charge in [-0.05, 0) is 90.4 Å². The molecule has 4 atom stereocenters. The lowest BCUT2D eigenvalue weighted by Crippen LogP contribution is -2.60. The fourth-order valence-electron chi connectivity index (χ4n) is 6.72. The molecule has 0 radical (unpaired) electrons. The highest BCUT2D eigenvalue weighted by atomic mass is 32.2. The van der Waals surface area contributed by atoms with Gasteiger partial charge in [0.2, 0.25) is 21.8 Å². The van der Waals surface area contributed by atoms with Crippen molar-refractivity contribution >= 4 is 50.9 Å². The number of hydrogen-bond acceptors (Lipinski definition) is 9. The maximum atomic E-state index is 14.4. The zero-order valence-electron chi connectivity index (χ0n) is 28.1. The first-order valence-corrected chi connectivity index (χ1v) is 19.4. The summed E-state index contributed by atoms with van der Waals surface area (Å²) in [7, 11) is -3.86. The van der Waals surface area contributed by atoms with E-state index < -0.39 is 68.0 Å². The van der Waals surface area contributed by atoms with Crippen LogP contribution >= 0.6 is 11.3 Å². The molecule has 1 unspecified atom stereocenters. The van der Waals surface area contributed by atoms with Gasteiger partial charge in [-0.25, -0.2) is 13.2 Å². The number of thiophene rings is 1. The Morgan fingerprint density at radius 2 is 1.73 bits per heavy atom. The van der Waals surface area contributed by atoms with Gasteiger partial charge in [-0.2, -0.15) is 11.3 Å². The van der Waals surface area contributed by atoms with Gasteiger partial charge in [-0.15, -0.1) is 6.58 Å². The Morgan fingerprint density at radius 3 is 2.31 bits per heavy atom. The molecule has 14 heteroatoms. The lowest BCUT2D eigenvalue weighted by Gasteiger charge is -2.35. The molecule has 1 aliphatic heterocycles. The van der Waals surface area contributed by atoms with E-state index in [1.165, 1.54) is 11.0 Å². The Labute approximate surface area is 291 Å². The van der Waals surface area contributed by atoms with Gasteiger partial charge in [0.15, 0.2) is 0 Å². The second-order valence-electron chi connectivity index (χ2n) is 14.7. The third-order valence-corrected chi connectivity index (χ3v) is 12.5. The van der Waals surface area contributed by atoms with Crippen molar-refractivity contribution in [1.82, 2.24) is 20.3 Å². The number of nitrogens with zero attached hydrogens (tertiary/aromatic N) is 2. The van der Waals surface area contributed by atoms with E-state index in [-0.39, 0.29) is 25.7 Å². The molecule has 4 amide bonds. The number of carbonyl (C=O) groups is 4. The van der Waals surface area contributed by atoms with E-state index in [0.29, 0.717) is 12.8 Å². The summed E-state index contributed by atoms with van der Waals surface area (Å²) in [5.41, 5.74) is 0.654. The molecular formula is C35H45N5O7S2. The molecule has 49 heavy (non-hydrogen) atoms. The minimum atomic E-state index is -3.86. The van der Waals surface area contributed by atoms with Gasteiger partial charge in [-0.1, -0.05) is 39.0 Å². The Morgan fingerprint density at radius 1 is 1.04 bits per heavy atom. The minimum Gasteiger partial charge on any atom is -0.446 e. The number of benzene rings is 1. The smallest absolute Gasteiger partial charge is 0.408 e. The maximum absolute atomic E-state index is 14.4. The molecule has 12 nitrogen and oxygen atoms in total. The van der Waals surface area contributed by atoms with Crippen molar-refractivity contribution in [3.8, 4) is 11.1 Å². The maximum Gasteiger partial charge on any atom is 0.408 e. The molecule has 3 N–H and O–H groups in total. The van der Waals surface area contributed by atoms with Crippen LogP contribution in [0, 0.1) is 11.3 Å². The zero-order chi connectivity index (χ0) is 35.1. The summed E-state index contributed by atoms with van der Waals surface area (Å²) in [6.45, 7) is 9.42. The van der Waals surface area contributed by atoms with Crippen LogP contribution in [-0.2, 0) is 29.1 Å². The Hall–Kier alpha value is -3.91. The number of nitrogens with one attached hydrogen (secondary N) is 3. The first kappa shape index (κ1) is 34.9. The van der Waals surface area contributed by atoms with Crippen LogP contribution in [0.3, 0.4) is 0 Å². The number of amides is 4. The van der Waals surface area contributed by atoms with Gasteiger partial charge in [-0.3, -0.25) is 19.1 Å². The highest BCUT2D eigenvalue weighted by Gasteiger charge is 2.62. The van der Waals surface area contributed by atoms with Crippen LogP contribution in [-0.4, -0.2) is 79.3 Å². The molecular weight excluding hydrogens is 667 g/mol. The highest BCUT2D eigenvalue weighted by Crippen LogP contribution is 2.45. The average Bonchev–Trinajstić information content (AvgIpc) is 3.79. The lowest BCUT2D eigenvalue weighted by atomic mass is 9.85. The van der Waals surface area contributed by atoms with Gasteiger partial charge in [0.05, 0.1) is 11.9 Å². The summed E-state index contributed by atoms with van der Waals surface area (Å²) < 4.78 is 33.1. The standard InChI is InChI=1S/C35H45N5O7S2/c1-5-24-18-35(24,32(43)38-49(45,46)27-14-15-27)37-30(41)28-19-39(25-12-10-22(11-13-25)23-16-17-48-20-23)21-40(28)31(42)29(34(2,3)4)36-33(44)47-26-8-6-7-9-26/h5,10-13,16-17,20,24,26-29H,1,6-9,14-15,18-19,21H2,2-4H3,(H,36,44)(H,37,41)(H,38,43)/t24-,28+,29?,35-/m1/s1. The number of anilines is 1. The van der Waals surface area contributed by atoms with Crippen molar-refractivity contribution in [2.24, 2.45) is 11.3 Å².